The molecule has 2 aliphatic rings. The van der Waals surface area contributed by atoms with Gasteiger partial charge in [-0.1, -0.05) is 18.2 Å². The van der Waals surface area contributed by atoms with Crippen LogP contribution in [0.25, 0.3) is 0 Å². The van der Waals surface area contributed by atoms with E-state index in [2.05, 4.69) is 18.3 Å². The third-order valence-electron chi connectivity index (χ3n) is 5.54. The van der Waals surface area contributed by atoms with Crippen molar-refractivity contribution in [2.75, 3.05) is 29.2 Å². The molecule has 1 fully saturated rings. The molecule has 1 aliphatic heterocycles. The summed E-state index contributed by atoms with van der Waals surface area (Å²) in [7, 11) is 3.96. The molecule has 27 heavy (non-hydrogen) atoms. The smallest absolute Gasteiger partial charge is 0.231 e. The fraction of sp³-hybridized carbons (Fsp3) is 0.364. The average molecular weight is 363 g/mol. The predicted octanol–water partition coefficient (Wildman–Crippen LogP) is 3.31. The highest BCUT2D eigenvalue weighted by Gasteiger charge is 2.51. The number of nitrogens with one attached hydrogen (secondary N) is 1. The lowest BCUT2D eigenvalue weighted by atomic mass is 10.1. The van der Waals surface area contributed by atoms with Gasteiger partial charge in [-0.2, -0.15) is 0 Å². The number of para-hydroxylation sites is 1. The minimum atomic E-state index is -0.231. The number of fused-ring (bicyclic) bond motifs is 1. The van der Waals surface area contributed by atoms with Crippen molar-refractivity contribution in [1.29, 1.82) is 0 Å². The first-order chi connectivity index (χ1) is 13.0. The molecule has 4 rings (SSSR count). The standard InChI is InChI=1S/C22H25N3O2/c1-14-12-15-6-4-5-7-20(15)25(14)22(27)19-13-18(19)21(26)23-16-8-10-17(11-9-16)24(2)3/h4-11,14,18-19H,12-13H2,1-3H3,(H,23,26). The molecule has 1 saturated carbocycles. The summed E-state index contributed by atoms with van der Waals surface area (Å²) in [5.41, 5.74) is 4.05. The Morgan fingerprint density at radius 1 is 1.04 bits per heavy atom. The van der Waals surface area contributed by atoms with E-state index in [0.717, 1.165) is 23.5 Å². The average Bonchev–Trinajstić information content (AvgIpc) is 3.38. The largest absolute Gasteiger partial charge is 0.378 e. The van der Waals surface area contributed by atoms with Gasteiger partial charge in [-0.15, -0.1) is 0 Å². The Hall–Kier alpha value is -2.82. The zero-order valence-electron chi connectivity index (χ0n) is 16.0. The van der Waals surface area contributed by atoms with Crippen molar-refractivity contribution >= 4 is 28.9 Å². The number of carbonyl (C=O) groups excluding carboxylic acids is 2. The minimum Gasteiger partial charge on any atom is -0.378 e. The van der Waals surface area contributed by atoms with E-state index < -0.39 is 0 Å². The van der Waals surface area contributed by atoms with Crippen molar-refractivity contribution < 1.29 is 9.59 Å². The second-order valence-electron chi connectivity index (χ2n) is 7.77. The number of hydrogen-bond acceptors (Lipinski definition) is 3. The second-order valence-corrected chi connectivity index (χ2v) is 7.77. The van der Waals surface area contributed by atoms with Gasteiger partial charge in [0.05, 0.1) is 11.8 Å². The van der Waals surface area contributed by atoms with Crippen molar-refractivity contribution in [1.82, 2.24) is 0 Å². The van der Waals surface area contributed by atoms with Gasteiger partial charge in [-0.05, 0) is 55.7 Å². The molecule has 0 spiro atoms. The van der Waals surface area contributed by atoms with Crippen LogP contribution in [0.5, 0.6) is 0 Å². The van der Waals surface area contributed by atoms with Crippen molar-refractivity contribution in [2.24, 2.45) is 11.8 Å². The molecule has 2 aromatic rings. The maximum atomic E-state index is 13.0. The molecule has 1 N–H and O–H groups in total. The number of hydrogen-bond donors (Lipinski definition) is 1. The summed E-state index contributed by atoms with van der Waals surface area (Å²) < 4.78 is 0. The van der Waals surface area contributed by atoms with E-state index in [9.17, 15) is 9.59 Å². The van der Waals surface area contributed by atoms with Gasteiger partial charge in [0, 0.05) is 37.2 Å². The lowest BCUT2D eigenvalue weighted by Gasteiger charge is -2.23. The van der Waals surface area contributed by atoms with Gasteiger partial charge in [0.1, 0.15) is 0 Å². The summed E-state index contributed by atoms with van der Waals surface area (Å²) in [6.45, 7) is 2.07. The molecule has 0 aromatic heterocycles. The SMILES string of the molecule is CC1Cc2ccccc2N1C(=O)C1CC1C(=O)Nc1ccc(N(C)C)cc1. The van der Waals surface area contributed by atoms with E-state index in [1.807, 2.05) is 66.4 Å². The van der Waals surface area contributed by atoms with Gasteiger partial charge in [0.25, 0.3) is 0 Å². The van der Waals surface area contributed by atoms with Gasteiger partial charge in [-0.25, -0.2) is 0 Å². The van der Waals surface area contributed by atoms with E-state index in [0.29, 0.717) is 6.42 Å². The molecule has 5 nitrogen and oxygen atoms in total. The van der Waals surface area contributed by atoms with Gasteiger partial charge in [0.15, 0.2) is 0 Å². The van der Waals surface area contributed by atoms with Crippen LogP contribution in [0.4, 0.5) is 17.1 Å². The molecule has 0 bridgehead atoms. The maximum absolute atomic E-state index is 13.0. The predicted molar refractivity (Wildman–Crippen MR) is 108 cm³/mol. The zero-order chi connectivity index (χ0) is 19.1. The van der Waals surface area contributed by atoms with Gasteiger partial charge in [0.2, 0.25) is 11.8 Å². The number of rotatable bonds is 4. The molecule has 1 aliphatic carbocycles. The van der Waals surface area contributed by atoms with Crippen LogP contribution in [-0.4, -0.2) is 32.0 Å². The summed E-state index contributed by atoms with van der Waals surface area (Å²) in [6.07, 6.45) is 1.51. The Kier molecular flexibility index (Phi) is 4.38. The van der Waals surface area contributed by atoms with Gasteiger partial charge in [-0.3, -0.25) is 9.59 Å². The number of amides is 2. The first kappa shape index (κ1) is 17.6. The summed E-state index contributed by atoms with van der Waals surface area (Å²) in [5.74, 6) is -0.424. The first-order valence-electron chi connectivity index (χ1n) is 9.45. The van der Waals surface area contributed by atoms with E-state index in [1.165, 1.54) is 5.56 Å². The molecule has 0 radical (unpaired) electrons. The molecule has 140 valence electrons. The molecule has 0 saturated heterocycles. The monoisotopic (exact) mass is 363 g/mol. The highest BCUT2D eigenvalue weighted by Crippen LogP contribution is 2.44. The molecular formula is C22H25N3O2. The van der Waals surface area contributed by atoms with Crippen LogP contribution in [0.1, 0.15) is 18.9 Å². The molecular weight excluding hydrogens is 338 g/mol. The highest BCUT2D eigenvalue weighted by molar-refractivity contribution is 6.05. The second kappa shape index (κ2) is 6.72. The van der Waals surface area contributed by atoms with Crippen molar-refractivity contribution in [3.63, 3.8) is 0 Å². The maximum Gasteiger partial charge on any atom is 0.231 e. The molecule has 3 unspecified atom stereocenters. The Morgan fingerprint density at radius 3 is 2.44 bits per heavy atom. The number of anilines is 3. The van der Waals surface area contributed by atoms with E-state index in [-0.39, 0.29) is 29.7 Å². The van der Waals surface area contributed by atoms with Crippen LogP contribution in [0, 0.1) is 11.8 Å². The normalized spacial score (nSPS) is 22.9. The van der Waals surface area contributed by atoms with Crippen LogP contribution in [-0.2, 0) is 16.0 Å². The lowest BCUT2D eigenvalue weighted by molar-refractivity contribution is -0.123. The van der Waals surface area contributed by atoms with E-state index >= 15 is 0 Å². The van der Waals surface area contributed by atoms with Crippen LogP contribution in [0.2, 0.25) is 0 Å². The minimum absolute atomic E-state index is 0.0638. The topological polar surface area (TPSA) is 52.7 Å². The van der Waals surface area contributed by atoms with E-state index in [4.69, 9.17) is 0 Å². The Labute approximate surface area is 160 Å². The Morgan fingerprint density at radius 2 is 1.74 bits per heavy atom. The van der Waals surface area contributed by atoms with Crippen LogP contribution < -0.4 is 15.1 Å². The Bertz CT molecular complexity index is 875. The van der Waals surface area contributed by atoms with Crippen LogP contribution in [0.3, 0.4) is 0 Å². The lowest BCUT2D eigenvalue weighted by Crippen LogP contribution is -2.37. The summed E-state index contributed by atoms with van der Waals surface area (Å²) in [4.78, 5) is 29.5. The summed E-state index contributed by atoms with van der Waals surface area (Å²) >= 11 is 0. The third kappa shape index (κ3) is 3.29. The van der Waals surface area contributed by atoms with Crippen LogP contribution in [0.15, 0.2) is 48.5 Å². The van der Waals surface area contributed by atoms with Gasteiger partial charge >= 0.3 is 0 Å². The van der Waals surface area contributed by atoms with E-state index in [1.54, 1.807) is 0 Å². The van der Waals surface area contributed by atoms with Gasteiger partial charge < -0.3 is 15.1 Å². The van der Waals surface area contributed by atoms with Crippen molar-refractivity contribution in [2.45, 2.75) is 25.8 Å². The molecule has 1 heterocycles. The molecule has 3 atom stereocenters. The first-order valence-corrected chi connectivity index (χ1v) is 9.45. The summed E-state index contributed by atoms with van der Waals surface area (Å²) in [6, 6.07) is 15.9. The molecule has 5 heteroatoms. The molecule has 2 amide bonds. The fourth-order valence-corrected chi connectivity index (χ4v) is 3.92. The highest BCUT2D eigenvalue weighted by atomic mass is 16.2. The molecule has 2 aromatic carbocycles. The third-order valence-corrected chi connectivity index (χ3v) is 5.54. The number of benzene rings is 2. The quantitative estimate of drug-likeness (QED) is 0.907. The number of carbonyl (C=O) groups is 2. The Balaban J connectivity index is 1.40. The van der Waals surface area contributed by atoms with Crippen LogP contribution >= 0.6 is 0 Å². The fourth-order valence-electron chi connectivity index (χ4n) is 3.92. The van der Waals surface area contributed by atoms with Crippen molar-refractivity contribution in [3.05, 3.63) is 54.1 Å². The zero-order valence-corrected chi connectivity index (χ0v) is 16.0. The van der Waals surface area contributed by atoms with Crippen molar-refractivity contribution in [3.8, 4) is 0 Å². The summed E-state index contributed by atoms with van der Waals surface area (Å²) in [5, 5.41) is 2.95. The number of nitrogens with zero attached hydrogens (tertiary/aromatic N) is 2.